The van der Waals surface area contributed by atoms with Crippen molar-refractivity contribution in [1.29, 1.82) is 0 Å². The smallest absolute Gasteiger partial charge is 0.338 e. The van der Waals surface area contributed by atoms with Gasteiger partial charge in [-0.3, -0.25) is 18.5 Å². The predicted octanol–water partition coefficient (Wildman–Crippen LogP) is -0.126. The van der Waals surface area contributed by atoms with Crippen molar-refractivity contribution < 1.29 is 26.9 Å². The molecule has 1 aliphatic rings. The molecule has 13 heteroatoms. The number of carbonyl (C=O) groups is 1. The lowest BCUT2D eigenvalue weighted by molar-refractivity contribution is -0.0468. The SMILES string of the molecule is NS(=O)(=O)OC[C@H]1O[C@@H](n2cc(I)c(=O)[nH]c2=O)C[C@@H]1OC(=O)c1ccccc1. The molecule has 0 aliphatic carbocycles. The van der Waals surface area contributed by atoms with E-state index >= 15 is 0 Å². The maximum absolute atomic E-state index is 12.4. The fraction of sp³-hybridized carbons (Fsp3) is 0.312. The van der Waals surface area contributed by atoms with Crippen LogP contribution < -0.4 is 16.4 Å². The number of rotatable bonds is 6. The second kappa shape index (κ2) is 8.74. The van der Waals surface area contributed by atoms with Crippen molar-refractivity contribution in [2.45, 2.75) is 24.9 Å². The number of benzene rings is 1. The van der Waals surface area contributed by atoms with E-state index in [1.165, 1.54) is 6.20 Å². The summed E-state index contributed by atoms with van der Waals surface area (Å²) in [5.41, 5.74) is -0.981. The minimum absolute atomic E-state index is 0.0270. The molecule has 0 bridgehead atoms. The van der Waals surface area contributed by atoms with Crippen molar-refractivity contribution >= 4 is 38.9 Å². The van der Waals surface area contributed by atoms with E-state index in [0.717, 1.165) is 4.57 Å². The largest absolute Gasteiger partial charge is 0.456 e. The molecule has 156 valence electrons. The molecule has 0 unspecified atom stereocenters. The van der Waals surface area contributed by atoms with Crippen LogP contribution >= 0.6 is 22.6 Å². The van der Waals surface area contributed by atoms with E-state index < -0.39 is 52.6 Å². The monoisotopic (exact) mass is 537 g/mol. The van der Waals surface area contributed by atoms with E-state index in [0.29, 0.717) is 0 Å². The molecule has 1 saturated heterocycles. The third-order valence-electron chi connectivity index (χ3n) is 4.08. The highest BCUT2D eigenvalue weighted by Gasteiger charge is 2.40. The Balaban J connectivity index is 1.84. The normalized spacial score (nSPS) is 21.8. The van der Waals surface area contributed by atoms with Gasteiger partial charge in [0, 0.05) is 12.6 Å². The molecule has 2 aromatic rings. The summed E-state index contributed by atoms with van der Waals surface area (Å²) in [6.07, 6.45) is -1.53. The highest BCUT2D eigenvalue weighted by atomic mass is 127. The number of nitrogens with one attached hydrogen (secondary N) is 1. The Kier molecular flexibility index (Phi) is 6.52. The predicted molar refractivity (Wildman–Crippen MR) is 107 cm³/mol. The lowest BCUT2D eigenvalue weighted by Crippen LogP contribution is -2.34. The molecule has 11 nitrogen and oxygen atoms in total. The molecule has 1 aromatic heterocycles. The van der Waals surface area contributed by atoms with Crippen LogP contribution in [-0.2, 0) is 24.0 Å². The summed E-state index contributed by atoms with van der Waals surface area (Å²) in [5.74, 6) is -0.649. The summed E-state index contributed by atoms with van der Waals surface area (Å²) in [6.45, 7) is -0.517. The Bertz CT molecular complexity index is 1110. The van der Waals surface area contributed by atoms with Crippen LogP contribution in [0.15, 0.2) is 46.1 Å². The van der Waals surface area contributed by atoms with Gasteiger partial charge in [0.25, 0.3) is 5.56 Å². The van der Waals surface area contributed by atoms with Gasteiger partial charge in [0.2, 0.25) is 0 Å². The zero-order valence-corrected chi connectivity index (χ0v) is 17.7. The van der Waals surface area contributed by atoms with Crippen LogP contribution in [-0.4, -0.2) is 42.8 Å². The maximum atomic E-state index is 12.4. The molecule has 1 aromatic carbocycles. The number of ether oxygens (including phenoxy) is 2. The van der Waals surface area contributed by atoms with Crippen molar-refractivity contribution in [3.8, 4) is 0 Å². The van der Waals surface area contributed by atoms with Crippen molar-refractivity contribution in [3.05, 3.63) is 66.5 Å². The van der Waals surface area contributed by atoms with Crippen LogP contribution in [0.2, 0.25) is 0 Å². The topological polar surface area (TPSA) is 160 Å². The Morgan fingerprint density at radius 3 is 2.66 bits per heavy atom. The van der Waals surface area contributed by atoms with Gasteiger partial charge >= 0.3 is 22.0 Å². The zero-order chi connectivity index (χ0) is 21.2. The molecule has 3 atom stereocenters. The van der Waals surface area contributed by atoms with Crippen LogP contribution in [0.1, 0.15) is 23.0 Å². The fourth-order valence-corrected chi connectivity index (χ4v) is 3.52. The van der Waals surface area contributed by atoms with Crippen molar-refractivity contribution in [2.75, 3.05) is 6.61 Å². The molecular weight excluding hydrogens is 521 g/mol. The Hall–Kier alpha value is -2.07. The first-order valence-corrected chi connectivity index (χ1v) is 10.8. The molecule has 1 fully saturated rings. The van der Waals surface area contributed by atoms with Gasteiger partial charge in [-0.15, -0.1) is 0 Å². The summed E-state index contributed by atoms with van der Waals surface area (Å²) < 4.78 is 39.3. The number of nitrogens with two attached hydrogens (primary N) is 1. The van der Waals surface area contributed by atoms with E-state index in [2.05, 4.69) is 9.17 Å². The average molecular weight is 537 g/mol. The first-order valence-electron chi connectivity index (χ1n) is 8.23. The zero-order valence-electron chi connectivity index (χ0n) is 14.7. The highest BCUT2D eigenvalue weighted by Crippen LogP contribution is 2.31. The van der Waals surface area contributed by atoms with Gasteiger partial charge in [-0.2, -0.15) is 8.42 Å². The fourth-order valence-electron chi connectivity index (χ4n) is 2.76. The maximum Gasteiger partial charge on any atom is 0.338 e. The van der Waals surface area contributed by atoms with Crippen molar-refractivity contribution in [2.24, 2.45) is 5.14 Å². The molecule has 0 saturated carbocycles. The molecule has 0 amide bonds. The Morgan fingerprint density at radius 2 is 2.00 bits per heavy atom. The number of aromatic amines is 1. The molecule has 3 rings (SSSR count). The second-order valence-electron chi connectivity index (χ2n) is 6.10. The van der Waals surface area contributed by atoms with Gasteiger partial charge in [0.1, 0.15) is 18.4 Å². The van der Waals surface area contributed by atoms with Crippen LogP contribution in [0.25, 0.3) is 0 Å². The van der Waals surface area contributed by atoms with Gasteiger partial charge in [0.15, 0.2) is 0 Å². The lowest BCUT2D eigenvalue weighted by Gasteiger charge is -2.18. The number of esters is 1. The Morgan fingerprint density at radius 1 is 1.31 bits per heavy atom. The number of hydrogen-bond acceptors (Lipinski definition) is 8. The first-order chi connectivity index (χ1) is 13.6. The average Bonchev–Trinajstić information content (AvgIpc) is 3.05. The molecule has 2 heterocycles. The Labute approximate surface area is 178 Å². The van der Waals surface area contributed by atoms with E-state index in [1.54, 1.807) is 52.9 Å². The lowest BCUT2D eigenvalue weighted by atomic mass is 10.1. The van der Waals surface area contributed by atoms with Crippen LogP contribution in [0.5, 0.6) is 0 Å². The summed E-state index contributed by atoms with van der Waals surface area (Å²) in [6, 6.07) is 8.17. The van der Waals surface area contributed by atoms with Gasteiger partial charge in [0.05, 0.1) is 15.7 Å². The number of hydrogen-bond donors (Lipinski definition) is 2. The second-order valence-corrected chi connectivity index (χ2v) is 8.48. The van der Waals surface area contributed by atoms with Crippen LogP contribution in [0.4, 0.5) is 0 Å². The molecule has 29 heavy (non-hydrogen) atoms. The first kappa shape index (κ1) is 21.6. The molecule has 0 radical (unpaired) electrons. The molecular formula is C16H16IN3O8S. The van der Waals surface area contributed by atoms with Crippen LogP contribution in [0, 0.1) is 3.57 Å². The summed E-state index contributed by atoms with van der Waals surface area (Å²) in [7, 11) is -4.26. The van der Waals surface area contributed by atoms with Gasteiger partial charge in [-0.25, -0.2) is 14.7 Å². The number of aromatic nitrogens is 2. The van der Waals surface area contributed by atoms with Crippen molar-refractivity contribution in [1.82, 2.24) is 9.55 Å². The summed E-state index contributed by atoms with van der Waals surface area (Å²) >= 11 is 1.75. The van der Waals surface area contributed by atoms with Gasteiger partial charge in [-0.1, -0.05) is 18.2 Å². The minimum atomic E-state index is -4.26. The number of carbonyl (C=O) groups excluding carboxylic acids is 1. The third kappa shape index (κ3) is 5.51. The summed E-state index contributed by atoms with van der Waals surface area (Å²) in [5, 5.41) is 4.85. The van der Waals surface area contributed by atoms with E-state index in [4.69, 9.17) is 14.6 Å². The third-order valence-corrected chi connectivity index (χ3v) is 5.31. The van der Waals surface area contributed by atoms with Crippen molar-refractivity contribution in [3.63, 3.8) is 0 Å². The molecule has 1 aliphatic heterocycles. The number of halogens is 1. The van der Waals surface area contributed by atoms with Gasteiger partial charge in [-0.05, 0) is 34.7 Å². The van der Waals surface area contributed by atoms with E-state index in [1.807, 2.05) is 0 Å². The summed E-state index contributed by atoms with van der Waals surface area (Å²) in [4.78, 5) is 38.2. The molecule has 3 N–H and O–H groups in total. The van der Waals surface area contributed by atoms with E-state index in [-0.39, 0.29) is 15.6 Å². The quantitative estimate of drug-likeness (QED) is 0.381. The highest BCUT2D eigenvalue weighted by molar-refractivity contribution is 14.1. The van der Waals surface area contributed by atoms with Crippen LogP contribution in [0.3, 0.4) is 0 Å². The minimum Gasteiger partial charge on any atom is -0.456 e. The van der Waals surface area contributed by atoms with Gasteiger partial charge < -0.3 is 9.47 Å². The number of H-pyrrole nitrogens is 1. The molecule has 0 spiro atoms. The van der Waals surface area contributed by atoms with E-state index in [9.17, 15) is 22.8 Å². The number of nitrogens with zero attached hydrogens (tertiary/aromatic N) is 1. The standard InChI is InChI=1S/C16H16IN3O8S/c17-10-7-20(16(23)19-14(10)21)13-6-11(12(27-13)8-26-29(18,24)25)28-15(22)9-4-2-1-3-5-9/h1-5,7,11-13H,6,8H2,(H2,18,24,25)(H,19,21,23)/t11-,12+,13+/m0/s1.